The average molecular weight is 315 g/mol. The van der Waals surface area contributed by atoms with E-state index < -0.39 is 10.0 Å². The van der Waals surface area contributed by atoms with Crippen molar-refractivity contribution >= 4 is 21.6 Å². The fourth-order valence-electron chi connectivity index (χ4n) is 2.06. The van der Waals surface area contributed by atoms with Gasteiger partial charge in [-0.25, -0.2) is 13.1 Å². The SMILES string of the molecule is N#Cc1ccc(S(=O)(=O)NCCC2CCCO2)cc1Cl. The van der Waals surface area contributed by atoms with Crippen LogP contribution in [0.5, 0.6) is 0 Å². The van der Waals surface area contributed by atoms with Crippen molar-refractivity contribution in [3.8, 4) is 6.07 Å². The molecule has 7 heteroatoms. The minimum Gasteiger partial charge on any atom is -0.378 e. The molecule has 0 aromatic heterocycles. The second kappa shape index (κ2) is 6.55. The van der Waals surface area contributed by atoms with Gasteiger partial charge < -0.3 is 4.74 Å². The highest BCUT2D eigenvalue weighted by molar-refractivity contribution is 7.89. The number of nitrogens with zero attached hydrogens (tertiary/aromatic N) is 1. The van der Waals surface area contributed by atoms with Crippen molar-refractivity contribution in [3.05, 3.63) is 28.8 Å². The van der Waals surface area contributed by atoms with E-state index in [-0.39, 0.29) is 21.6 Å². The predicted molar refractivity (Wildman–Crippen MR) is 74.9 cm³/mol. The first-order valence-corrected chi connectivity index (χ1v) is 8.20. The maximum absolute atomic E-state index is 12.1. The maximum atomic E-state index is 12.1. The molecule has 5 nitrogen and oxygen atoms in total. The highest BCUT2D eigenvalue weighted by Gasteiger charge is 2.18. The largest absolute Gasteiger partial charge is 0.378 e. The van der Waals surface area contributed by atoms with Crippen LogP contribution in [0, 0.1) is 11.3 Å². The number of nitriles is 1. The summed E-state index contributed by atoms with van der Waals surface area (Å²) in [7, 11) is -3.60. The molecule has 1 N–H and O–H groups in total. The lowest BCUT2D eigenvalue weighted by Crippen LogP contribution is -2.27. The van der Waals surface area contributed by atoms with Crippen molar-refractivity contribution in [2.24, 2.45) is 0 Å². The summed E-state index contributed by atoms with van der Waals surface area (Å²) in [6.45, 7) is 1.08. The standard InChI is InChI=1S/C13H15ClN2O3S/c14-13-8-12(4-3-10(13)9-15)20(17,18)16-6-5-11-2-1-7-19-11/h3-4,8,11,16H,1-2,5-7H2. The van der Waals surface area contributed by atoms with Gasteiger partial charge in [0.2, 0.25) is 10.0 Å². The van der Waals surface area contributed by atoms with Gasteiger partial charge >= 0.3 is 0 Å². The molecule has 1 heterocycles. The third kappa shape index (κ3) is 3.70. The van der Waals surface area contributed by atoms with Gasteiger partial charge in [-0.1, -0.05) is 11.6 Å². The minimum absolute atomic E-state index is 0.0637. The zero-order valence-electron chi connectivity index (χ0n) is 10.8. The number of hydrogen-bond acceptors (Lipinski definition) is 4. The van der Waals surface area contributed by atoms with E-state index in [1.54, 1.807) is 0 Å². The Morgan fingerprint density at radius 1 is 1.50 bits per heavy atom. The van der Waals surface area contributed by atoms with Crippen molar-refractivity contribution in [2.75, 3.05) is 13.2 Å². The van der Waals surface area contributed by atoms with E-state index in [1.807, 2.05) is 6.07 Å². The van der Waals surface area contributed by atoms with Crippen LogP contribution in [0.2, 0.25) is 5.02 Å². The average Bonchev–Trinajstić information content (AvgIpc) is 2.91. The topological polar surface area (TPSA) is 79.2 Å². The molecule has 2 rings (SSSR count). The fraction of sp³-hybridized carbons (Fsp3) is 0.462. The predicted octanol–water partition coefficient (Wildman–Crippen LogP) is 2.06. The van der Waals surface area contributed by atoms with E-state index in [9.17, 15) is 8.42 Å². The summed E-state index contributed by atoms with van der Waals surface area (Å²) in [5.74, 6) is 0. The monoisotopic (exact) mass is 314 g/mol. The van der Waals surface area contributed by atoms with E-state index in [2.05, 4.69) is 4.72 Å². The Balaban J connectivity index is 1.99. The molecule has 0 radical (unpaired) electrons. The molecule has 0 spiro atoms. The van der Waals surface area contributed by atoms with Gasteiger partial charge in [0.25, 0.3) is 0 Å². The number of benzene rings is 1. The normalized spacial score (nSPS) is 18.9. The van der Waals surface area contributed by atoms with E-state index in [4.69, 9.17) is 21.6 Å². The lowest BCUT2D eigenvalue weighted by Gasteiger charge is -2.11. The van der Waals surface area contributed by atoms with Crippen LogP contribution in [-0.2, 0) is 14.8 Å². The van der Waals surface area contributed by atoms with Crippen LogP contribution in [0.1, 0.15) is 24.8 Å². The molecule has 1 unspecified atom stereocenters. The summed E-state index contributed by atoms with van der Waals surface area (Å²) < 4.78 is 32.1. The van der Waals surface area contributed by atoms with Gasteiger partial charge in [0.1, 0.15) is 6.07 Å². The Kier molecular flexibility index (Phi) is 5.00. The van der Waals surface area contributed by atoms with Gasteiger partial charge in [-0.05, 0) is 37.5 Å². The van der Waals surface area contributed by atoms with Crippen LogP contribution in [0.4, 0.5) is 0 Å². The molecule has 1 aromatic rings. The van der Waals surface area contributed by atoms with Gasteiger partial charge in [0.05, 0.1) is 21.6 Å². The second-order valence-corrected chi connectivity index (χ2v) is 6.75. The molecule has 1 fully saturated rings. The molecular formula is C13H15ClN2O3S. The number of halogens is 1. The van der Waals surface area contributed by atoms with E-state index in [0.29, 0.717) is 13.0 Å². The number of nitrogens with one attached hydrogen (secondary N) is 1. The zero-order chi connectivity index (χ0) is 14.6. The van der Waals surface area contributed by atoms with Gasteiger partial charge in [0, 0.05) is 13.2 Å². The summed E-state index contributed by atoms with van der Waals surface area (Å²) in [5.41, 5.74) is 0.255. The molecule has 20 heavy (non-hydrogen) atoms. The molecule has 1 saturated heterocycles. The van der Waals surface area contributed by atoms with Crippen LogP contribution in [-0.4, -0.2) is 27.7 Å². The quantitative estimate of drug-likeness (QED) is 0.902. The molecule has 0 aliphatic carbocycles. The molecule has 0 bridgehead atoms. The smallest absolute Gasteiger partial charge is 0.240 e. The summed E-state index contributed by atoms with van der Waals surface area (Å²) in [6, 6.07) is 5.95. The zero-order valence-corrected chi connectivity index (χ0v) is 12.4. The van der Waals surface area contributed by atoms with Crippen LogP contribution < -0.4 is 4.72 Å². The highest BCUT2D eigenvalue weighted by atomic mass is 35.5. The first-order valence-electron chi connectivity index (χ1n) is 6.34. The van der Waals surface area contributed by atoms with Crippen LogP contribution in [0.25, 0.3) is 0 Å². The number of sulfonamides is 1. The second-order valence-electron chi connectivity index (χ2n) is 4.57. The Morgan fingerprint density at radius 2 is 2.30 bits per heavy atom. The molecule has 0 saturated carbocycles. The summed E-state index contributed by atoms with van der Waals surface area (Å²) >= 11 is 5.84. The van der Waals surface area contributed by atoms with Crippen molar-refractivity contribution < 1.29 is 13.2 Å². The third-order valence-electron chi connectivity index (χ3n) is 3.15. The van der Waals surface area contributed by atoms with E-state index in [0.717, 1.165) is 19.4 Å². The Morgan fingerprint density at radius 3 is 2.90 bits per heavy atom. The van der Waals surface area contributed by atoms with E-state index >= 15 is 0 Å². The third-order valence-corrected chi connectivity index (χ3v) is 4.93. The molecule has 1 atom stereocenters. The van der Waals surface area contributed by atoms with Gasteiger partial charge in [-0.3, -0.25) is 0 Å². The van der Waals surface area contributed by atoms with Crippen LogP contribution >= 0.6 is 11.6 Å². The Hall–Kier alpha value is -1.13. The number of hydrogen-bond donors (Lipinski definition) is 1. The molecule has 1 aliphatic heterocycles. The van der Waals surface area contributed by atoms with Crippen LogP contribution in [0.3, 0.4) is 0 Å². The van der Waals surface area contributed by atoms with Crippen LogP contribution in [0.15, 0.2) is 23.1 Å². The van der Waals surface area contributed by atoms with E-state index in [1.165, 1.54) is 18.2 Å². The lowest BCUT2D eigenvalue weighted by molar-refractivity contribution is 0.105. The minimum atomic E-state index is -3.60. The Bertz CT molecular complexity index is 619. The molecule has 1 aliphatic rings. The number of rotatable bonds is 5. The molecular weight excluding hydrogens is 300 g/mol. The summed E-state index contributed by atoms with van der Waals surface area (Å²) in [5, 5.41) is 8.90. The van der Waals surface area contributed by atoms with Crippen molar-refractivity contribution in [1.82, 2.24) is 4.72 Å². The first-order chi connectivity index (χ1) is 9.53. The summed E-state index contributed by atoms with van der Waals surface area (Å²) in [4.78, 5) is 0.0637. The van der Waals surface area contributed by atoms with Crippen molar-refractivity contribution in [2.45, 2.75) is 30.3 Å². The molecule has 1 aromatic carbocycles. The van der Waals surface area contributed by atoms with Gasteiger partial charge in [-0.15, -0.1) is 0 Å². The first kappa shape index (κ1) is 15.3. The summed E-state index contributed by atoms with van der Waals surface area (Å²) in [6.07, 6.45) is 2.80. The maximum Gasteiger partial charge on any atom is 0.240 e. The molecule has 0 amide bonds. The van der Waals surface area contributed by atoms with Gasteiger partial charge in [-0.2, -0.15) is 5.26 Å². The molecule has 108 valence electrons. The van der Waals surface area contributed by atoms with Crippen molar-refractivity contribution in [3.63, 3.8) is 0 Å². The number of ether oxygens (including phenoxy) is 1. The van der Waals surface area contributed by atoms with Crippen molar-refractivity contribution in [1.29, 1.82) is 5.26 Å². The highest BCUT2D eigenvalue weighted by Crippen LogP contribution is 2.20. The Labute approximate surface area is 123 Å². The fourth-order valence-corrected chi connectivity index (χ4v) is 3.42. The lowest BCUT2D eigenvalue weighted by atomic mass is 10.2. The van der Waals surface area contributed by atoms with Gasteiger partial charge in [0.15, 0.2) is 0 Å².